The highest BCUT2D eigenvalue weighted by Crippen LogP contribution is 2.22. The molecule has 162 valence electrons. The van der Waals surface area contributed by atoms with Gasteiger partial charge in [-0.15, -0.1) is 0 Å². The number of amides is 1. The van der Waals surface area contributed by atoms with E-state index in [1.54, 1.807) is 35.2 Å². The first-order valence-electron chi connectivity index (χ1n) is 9.61. The Bertz CT molecular complexity index is 987. The van der Waals surface area contributed by atoms with Crippen LogP contribution in [0.3, 0.4) is 0 Å². The first kappa shape index (κ1) is 22.4. The Balaban J connectivity index is 1.49. The van der Waals surface area contributed by atoms with E-state index in [4.69, 9.17) is 21.1 Å². The molecule has 1 heterocycles. The lowest BCUT2D eigenvalue weighted by atomic mass is 10.1. The minimum Gasteiger partial charge on any atom is -0.497 e. The van der Waals surface area contributed by atoms with Crippen LogP contribution in [0.5, 0.6) is 11.5 Å². The van der Waals surface area contributed by atoms with Gasteiger partial charge in [0, 0.05) is 24.2 Å². The van der Waals surface area contributed by atoms with Crippen molar-refractivity contribution >= 4 is 27.5 Å². The maximum absolute atomic E-state index is 12.6. The van der Waals surface area contributed by atoms with Crippen LogP contribution in [0.2, 0.25) is 5.02 Å². The van der Waals surface area contributed by atoms with E-state index in [0.717, 1.165) is 5.56 Å². The number of rotatable bonds is 7. The van der Waals surface area contributed by atoms with Gasteiger partial charge >= 0.3 is 0 Å². The number of methoxy groups -OCH3 is 1. The number of sulfonamides is 1. The van der Waals surface area contributed by atoms with Crippen LogP contribution < -0.4 is 14.2 Å². The molecule has 0 unspecified atom stereocenters. The van der Waals surface area contributed by atoms with E-state index in [-0.39, 0.29) is 23.5 Å². The predicted molar refractivity (Wildman–Crippen MR) is 115 cm³/mol. The molecule has 0 spiro atoms. The van der Waals surface area contributed by atoms with Crippen molar-refractivity contribution in [3.8, 4) is 11.5 Å². The van der Waals surface area contributed by atoms with Gasteiger partial charge in [-0.3, -0.25) is 4.79 Å². The Morgan fingerprint density at radius 3 is 2.43 bits per heavy atom. The molecule has 2 aromatic carbocycles. The average Bonchev–Trinajstić information content (AvgIpc) is 2.73. The molecule has 0 aliphatic carbocycles. The molecule has 0 bridgehead atoms. The SMILES string of the molecule is COc1ccc(S(=O)(=O)NC2CCN(C(=O)COc3ccc(Cl)cc3C)CC2)cc1. The third kappa shape index (κ3) is 5.65. The van der Waals surface area contributed by atoms with Gasteiger partial charge in [0.2, 0.25) is 10.0 Å². The predicted octanol–water partition coefficient (Wildman–Crippen LogP) is 3.01. The van der Waals surface area contributed by atoms with E-state index in [0.29, 0.717) is 42.5 Å². The second kappa shape index (κ2) is 9.68. The topological polar surface area (TPSA) is 84.9 Å². The van der Waals surface area contributed by atoms with Crippen LogP contribution in [0.4, 0.5) is 0 Å². The zero-order valence-corrected chi connectivity index (χ0v) is 18.5. The fourth-order valence-electron chi connectivity index (χ4n) is 3.29. The highest BCUT2D eigenvalue weighted by Gasteiger charge is 2.27. The van der Waals surface area contributed by atoms with Crippen molar-refractivity contribution in [1.29, 1.82) is 0 Å². The number of halogens is 1. The number of hydrogen-bond donors (Lipinski definition) is 1. The minimum absolute atomic E-state index is 0.0648. The zero-order valence-electron chi connectivity index (χ0n) is 16.9. The van der Waals surface area contributed by atoms with Gasteiger partial charge in [0.25, 0.3) is 5.91 Å². The molecule has 0 saturated carbocycles. The molecule has 1 N–H and O–H groups in total. The Morgan fingerprint density at radius 2 is 1.83 bits per heavy atom. The highest BCUT2D eigenvalue weighted by atomic mass is 35.5. The second-order valence-electron chi connectivity index (χ2n) is 7.15. The quantitative estimate of drug-likeness (QED) is 0.698. The average molecular weight is 453 g/mol. The van der Waals surface area contributed by atoms with Gasteiger partial charge in [-0.25, -0.2) is 13.1 Å². The molecule has 0 atom stereocenters. The molecule has 1 amide bonds. The molecule has 1 aliphatic heterocycles. The van der Waals surface area contributed by atoms with E-state index in [9.17, 15) is 13.2 Å². The Labute approximate surface area is 182 Å². The third-order valence-electron chi connectivity index (χ3n) is 5.03. The molecular formula is C21H25ClN2O5S. The summed E-state index contributed by atoms with van der Waals surface area (Å²) in [6.45, 7) is 2.74. The largest absolute Gasteiger partial charge is 0.497 e. The summed E-state index contributed by atoms with van der Waals surface area (Å²) in [5.41, 5.74) is 0.863. The lowest BCUT2D eigenvalue weighted by Gasteiger charge is -2.32. The zero-order chi connectivity index (χ0) is 21.7. The number of nitrogens with zero attached hydrogens (tertiary/aromatic N) is 1. The van der Waals surface area contributed by atoms with Crippen molar-refractivity contribution in [3.05, 3.63) is 53.1 Å². The Morgan fingerprint density at radius 1 is 1.17 bits per heavy atom. The van der Waals surface area contributed by atoms with Crippen molar-refractivity contribution < 1.29 is 22.7 Å². The molecule has 0 radical (unpaired) electrons. The number of hydrogen-bond acceptors (Lipinski definition) is 5. The lowest BCUT2D eigenvalue weighted by molar-refractivity contribution is -0.134. The van der Waals surface area contributed by atoms with Crippen molar-refractivity contribution in [2.75, 3.05) is 26.8 Å². The van der Waals surface area contributed by atoms with Crippen LogP contribution in [-0.4, -0.2) is 52.1 Å². The van der Waals surface area contributed by atoms with Crippen molar-refractivity contribution in [2.45, 2.75) is 30.7 Å². The number of benzene rings is 2. The van der Waals surface area contributed by atoms with Gasteiger partial charge in [-0.05, 0) is 67.8 Å². The molecule has 1 aliphatic rings. The fraction of sp³-hybridized carbons (Fsp3) is 0.381. The summed E-state index contributed by atoms with van der Waals surface area (Å²) in [6.07, 6.45) is 1.09. The summed E-state index contributed by atoms with van der Waals surface area (Å²) in [4.78, 5) is 14.3. The minimum atomic E-state index is -3.62. The number of piperidine rings is 1. The van der Waals surface area contributed by atoms with Gasteiger partial charge in [-0.2, -0.15) is 0 Å². The molecular weight excluding hydrogens is 428 g/mol. The molecule has 3 rings (SSSR count). The van der Waals surface area contributed by atoms with Gasteiger partial charge in [0.05, 0.1) is 12.0 Å². The standard InChI is InChI=1S/C21H25ClN2O5S/c1-15-13-16(22)3-8-20(15)29-14-21(25)24-11-9-17(10-12-24)23-30(26,27)19-6-4-18(28-2)5-7-19/h3-8,13,17,23H,9-12,14H2,1-2H3. The van der Waals surface area contributed by atoms with Crippen LogP contribution in [0, 0.1) is 6.92 Å². The molecule has 9 heteroatoms. The van der Waals surface area contributed by atoms with Crippen molar-refractivity contribution in [2.24, 2.45) is 0 Å². The van der Waals surface area contributed by atoms with Crippen LogP contribution in [-0.2, 0) is 14.8 Å². The number of carbonyl (C=O) groups excluding carboxylic acids is 1. The number of aryl methyl sites for hydroxylation is 1. The maximum Gasteiger partial charge on any atom is 0.260 e. The fourth-order valence-corrected chi connectivity index (χ4v) is 4.83. The number of ether oxygens (including phenoxy) is 2. The normalized spacial score (nSPS) is 15.1. The van der Waals surface area contributed by atoms with E-state index < -0.39 is 10.0 Å². The molecule has 30 heavy (non-hydrogen) atoms. The van der Waals surface area contributed by atoms with E-state index in [1.165, 1.54) is 19.2 Å². The summed E-state index contributed by atoms with van der Waals surface area (Å²) >= 11 is 5.93. The van der Waals surface area contributed by atoms with E-state index in [2.05, 4.69) is 4.72 Å². The van der Waals surface area contributed by atoms with Crippen molar-refractivity contribution in [3.63, 3.8) is 0 Å². The van der Waals surface area contributed by atoms with Gasteiger partial charge in [0.15, 0.2) is 6.61 Å². The van der Waals surface area contributed by atoms with Crippen LogP contribution in [0.15, 0.2) is 47.4 Å². The van der Waals surface area contributed by atoms with Crippen molar-refractivity contribution in [1.82, 2.24) is 9.62 Å². The maximum atomic E-state index is 12.6. The number of likely N-dealkylation sites (tertiary alicyclic amines) is 1. The summed E-state index contributed by atoms with van der Waals surface area (Å²) in [6, 6.07) is 11.3. The molecule has 2 aromatic rings. The molecule has 7 nitrogen and oxygen atoms in total. The lowest BCUT2D eigenvalue weighted by Crippen LogP contribution is -2.47. The van der Waals surface area contributed by atoms with Crippen LogP contribution in [0.25, 0.3) is 0 Å². The van der Waals surface area contributed by atoms with Crippen LogP contribution in [0.1, 0.15) is 18.4 Å². The monoisotopic (exact) mass is 452 g/mol. The summed E-state index contributed by atoms with van der Waals surface area (Å²) in [5, 5.41) is 0.616. The summed E-state index contributed by atoms with van der Waals surface area (Å²) < 4.78 is 38.5. The summed E-state index contributed by atoms with van der Waals surface area (Å²) in [5.74, 6) is 1.09. The number of nitrogens with one attached hydrogen (secondary N) is 1. The van der Waals surface area contributed by atoms with Gasteiger partial charge < -0.3 is 14.4 Å². The molecule has 1 saturated heterocycles. The number of carbonyl (C=O) groups is 1. The second-order valence-corrected chi connectivity index (χ2v) is 9.30. The summed E-state index contributed by atoms with van der Waals surface area (Å²) in [7, 11) is -2.10. The first-order valence-corrected chi connectivity index (χ1v) is 11.5. The third-order valence-corrected chi connectivity index (χ3v) is 6.80. The smallest absolute Gasteiger partial charge is 0.260 e. The first-order chi connectivity index (χ1) is 14.3. The molecule has 1 fully saturated rings. The van der Waals surface area contributed by atoms with Crippen LogP contribution >= 0.6 is 11.6 Å². The Hall–Kier alpha value is -2.29. The molecule has 0 aromatic heterocycles. The Kier molecular flexibility index (Phi) is 7.23. The highest BCUT2D eigenvalue weighted by molar-refractivity contribution is 7.89. The van der Waals surface area contributed by atoms with Gasteiger partial charge in [-0.1, -0.05) is 11.6 Å². The van der Waals surface area contributed by atoms with E-state index in [1.807, 2.05) is 6.92 Å². The van der Waals surface area contributed by atoms with Gasteiger partial charge in [0.1, 0.15) is 11.5 Å². The van der Waals surface area contributed by atoms with E-state index >= 15 is 0 Å².